The third kappa shape index (κ3) is 8.33. The summed E-state index contributed by atoms with van der Waals surface area (Å²) in [5, 5.41) is 3.64. The molecule has 2 amide bonds. The molecule has 44 heavy (non-hydrogen) atoms. The normalized spacial score (nSPS) is 11.9. The van der Waals surface area contributed by atoms with Gasteiger partial charge >= 0.3 is 0 Å². The van der Waals surface area contributed by atoms with Gasteiger partial charge in [-0.25, -0.2) is 8.42 Å². The Hall–Kier alpha value is -3.56. The molecule has 1 unspecified atom stereocenters. The predicted molar refractivity (Wildman–Crippen MR) is 177 cm³/mol. The summed E-state index contributed by atoms with van der Waals surface area (Å²) in [6.07, 6.45) is 0.883. The van der Waals surface area contributed by atoms with E-state index in [9.17, 15) is 18.0 Å². The molecule has 0 bridgehead atoms. The number of sulfonamides is 1. The van der Waals surface area contributed by atoms with Crippen LogP contribution in [-0.4, -0.2) is 44.3 Å². The first-order chi connectivity index (χ1) is 21.1. The average molecular weight is 673 g/mol. The molecule has 4 rings (SSSR count). The minimum atomic E-state index is -4.31. The van der Waals surface area contributed by atoms with E-state index in [1.165, 1.54) is 35.2 Å². The van der Waals surface area contributed by atoms with Crippen LogP contribution in [0.25, 0.3) is 0 Å². The first-order valence-corrected chi connectivity index (χ1v) is 16.6. The van der Waals surface area contributed by atoms with Crippen molar-refractivity contribution in [1.29, 1.82) is 0 Å². The number of benzene rings is 4. The van der Waals surface area contributed by atoms with Gasteiger partial charge in [-0.15, -0.1) is 0 Å². The number of nitrogens with zero attached hydrogens (tertiary/aromatic N) is 2. The van der Waals surface area contributed by atoms with Crippen molar-refractivity contribution in [1.82, 2.24) is 10.2 Å². The van der Waals surface area contributed by atoms with Crippen LogP contribution in [0, 0.1) is 0 Å². The maximum absolute atomic E-state index is 14.4. The van der Waals surface area contributed by atoms with Gasteiger partial charge in [0.15, 0.2) is 0 Å². The Labute approximate surface area is 273 Å². The lowest BCUT2D eigenvalue weighted by atomic mass is 10.0. The minimum absolute atomic E-state index is 0.0316. The Kier molecular flexibility index (Phi) is 11.7. The van der Waals surface area contributed by atoms with Crippen LogP contribution in [0.3, 0.4) is 0 Å². The quantitative estimate of drug-likeness (QED) is 0.166. The molecule has 0 aromatic heterocycles. The summed E-state index contributed by atoms with van der Waals surface area (Å²) in [5.74, 6) is -0.998. The summed E-state index contributed by atoms with van der Waals surface area (Å²) >= 11 is 19.3. The molecule has 4 aromatic carbocycles. The summed E-state index contributed by atoms with van der Waals surface area (Å²) in [5.41, 5.74) is 1.46. The largest absolute Gasteiger partial charge is 0.354 e. The van der Waals surface area contributed by atoms with Crippen molar-refractivity contribution >= 4 is 62.3 Å². The maximum Gasteiger partial charge on any atom is 0.264 e. The molecule has 0 fully saturated rings. The molecule has 4 aromatic rings. The van der Waals surface area contributed by atoms with Gasteiger partial charge in [0.25, 0.3) is 10.0 Å². The molecular weight excluding hydrogens is 641 g/mol. The lowest BCUT2D eigenvalue weighted by Gasteiger charge is -2.34. The Morgan fingerprint density at radius 2 is 1.45 bits per heavy atom. The number of carbonyl (C=O) groups is 2. The molecule has 230 valence electrons. The first-order valence-electron chi connectivity index (χ1n) is 14.0. The Bertz CT molecular complexity index is 1690. The summed E-state index contributed by atoms with van der Waals surface area (Å²) < 4.78 is 29.0. The van der Waals surface area contributed by atoms with E-state index >= 15 is 0 Å². The van der Waals surface area contributed by atoms with Crippen LogP contribution in [-0.2, 0) is 32.6 Å². The highest BCUT2D eigenvalue weighted by molar-refractivity contribution is 7.92. The van der Waals surface area contributed by atoms with E-state index in [2.05, 4.69) is 5.32 Å². The molecular formula is C33H32Cl3N3O4S. The molecule has 0 aliphatic rings. The fraction of sp³-hybridized carbons (Fsp3) is 0.212. The van der Waals surface area contributed by atoms with Crippen molar-refractivity contribution in [2.24, 2.45) is 0 Å². The van der Waals surface area contributed by atoms with Gasteiger partial charge in [0.05, 0.1) is 15.6 Å². The van der Waals surface area contributed by atoms with Gasteiger partial charge in [-0.1, -0.05) is 108 Å². The van der Waals surface area contributed by atoms with E-state index < -0.39 is 28.5 Å². The van der Waals surface area contributed by atoms with Crippen LogP contribution < -0.4 is 9.62 Å². The second-order valence-corrected chi connectivity index (χ2v) is 13.1. The fourth-order valence-corrected chi connectivity index (χ4v) is 6.72. The summed E-state index contributed by atoms with van der Waals surface area (Å²) in [7, 11) is -4.31. The molecule has 1 atom stereocenters. The molecule has 0 aliphatic carbocycles. The lowest BCUT2D eigenvalue weighted by molar-refractivity contribution is -0.140. The van der Waals surface area contributed by atoms with Crippen molar-refractivity contribution in [3.05, 3.63) is 129 Å². The minimum Gasteiger partial charge on any atom is -0.354 e. The van der Waals surface area contributed by atoms with Crippen LogP contribution in [0.2, 0.25) is 15.1 Å². The van der Waals surface area contributed by atoms with E-state index in [0.717, 1.165) is 9.87 Å². The number of halogens is 3. The molecule has 0 aliphatic heterocycles. The third-order valence-corrected chi connectivity index (χ3v) is 9.60. The third-order valence-electron chi connectivity index (χ3n) is 6.91. The van der Waals surface area contributed by atoms with Gasteiger partial charge in [-0.2, -0.15) is 0 Å². The zero-order valence-electron chi connectivity index (χ0n) is 24.0. The standard InChI is InChI=1S/C33H32Cl3N3O4S/c1-2-19-37-33(41)31(20-24-11-5-3-6-12-24)38(22-25-13-9-10-16-28(25)35)32(40)23-39(30-21-26(34)17-18-29(30)36)44(42,43)27-14-7-4-8-15-27/h3-18,21,31H,2,19-20,22-23H2,1H3,(H,37,41). The van der Waals surface area contributed by atoms with Crippen LogP contribution >= 0.6 is 34.8 Å². The van der Waals surface area contributed by atoms with Crippen LogP contribution in [0.15, 0.2) is 108 Å². The highest BCUT2D eigenvalue weighted by Crippen LogP contribution is 2.33. The SMILES string of the molecule is CCCNC(=O)C(Cc1ccccc1)N(Cc1ccccc1Cl)C(=O)CN(c1cc(Cl)ccc1Cl)S(=O)(=O)c1ccccc1. The van der Waals surface area contributed by atoms with Gasteiger partial charge in [0.1, 0.15) is 12.6 Å². The Balaban J connectivity index is 1.83. The number of rotatable bonds is 13. The number of nitrogens with one attached hydrogen (secondary N) is 1. The summed E-state index contributed by atoms with van der Waals surface area (Å²) in [4.78, 5) is 29.5. The highest BCUT2D eigenvalue weighted by Gasteiger charge is 2.35. The molecule has 0 saturated carbocycles. The second-order valence-electron chi connectivity index (χ2n) is 10.0. The maximum atomic E-state index is 14.4. The number of anilines is 1. The molecule has 1 N–H and O–H groups in total. The zero-order valence-corrected chi connectivity index (χ0v) is 27.1. The van der Waals surface area contributed by atoms with Crippen molar-refractivity contribution < 1.29 is 18.0 Å². The van der Waals surface area contributed by atoms with Crippen LogP contribution in [0.5, 0.6) is 0 Å². The molecule has 0 heterocycles. The van der Waals surface area contributed by atoms with Gasteiger partial charge < -0.3 is 10.2 Å². The second kappa shape index (κ2) is 15.4. The topological polar surface area (TPSA) is 86.8 Å². The molecule has 7 nitrogen and oxygen atoms in total. The van der Waals surface area contributed by atoms with Gasteiger partial charge in [-0.3, -0.25) is 13.9 Å². The number of hydrogen-bond donors (Lipinski definition) is 1. The monoisotopic (exact) mass is 671 g/mol. The number of hydrogen-bond acceptors (Lipinski definition) is 4. The highest BCUT2D eigenvalue weighted by atomic mass is 35.5. The number of carbonyl (C=O) groups excluding carboxylic acids is 2. The van der Waals surface area contributed by atoms with Crippen molar-refractivity contribution in [3.63, 3.8) is 0 Å². The van der Waals surface area contributed by atoms with E-state index in [1.807, 2.05) is 37.3 Å². The molecule has 0 spiro atoms. The van der Waals surface area contributed by atoms with Gasteiger partial charge in [-0.05, 0) is 53.9 Å². The fourth-order valence-electron chi connectivity index (χ4n) is 4.64. The van der Waals surface area contributed by atoms with E-state index in [1.54, 1.807) is 42.5 Å². The number of amides is 2. The van der Waals surface area contributed by atoms with Crippen molar-refractivity contribution in [2.75, 3.05) is 17.4 Å². The average Bonchev–Trinajstić information content (AvgIpc) is 3.03. The zero-order chi connectivity index (χ0) is 31.7. The predicted octanol–water partition coefficient (Wildman–Crippen LogP) is 7.01. The van der Waals surface area contributed by atoms with Crippen molar-refractivity contribution in [2.45, 2.75) is 37.2 Å². The smallest absolute Gasteiger partial charge is 0.264 e. The van der Waals surface area contributed by atoms with Gasteiger partial charge in [0, 0.05) is 29.6 Å². The van der Waals surface area contributed by atoms with Crippen LogP contribution in [0.1, 0.15) is 24.5 Å². The molecule has 11 heteroatoms. The van der Waals surface area contributed by atoms with Crippen molar-refractivity contribution in [3.8, 4) is 0 Å². The van der Waals surface area contributed by atoms with E-state index in [4.69, 9.17) is 34.8 Å². The van der Waals surface area contributed by atoms with Crippen LogP contribution in [0.4, 0.5) is 5.69 Å². The van der Waals surface area contributed by atoms with Gasteiger partial charge in [0.2, 0.25) is 11.8 Å². The van der Waals surface area contributed by atoms with E-state index in [-0.39, 0.29) is 39.5 Å². The first kappa shape index (κ1) is 33.3. The Morgan fingerprint density at radius 1 is 0.818 bits per heavy atom. The summed E-state index contributed by atoms with van der Waals surface area (Å²) in [6.45, 7) is 1.64. The summed E-state index contributed by atoms with van der Waals surface area (Å²) in [6, 6.07) is 27.5. The lowest BCUT2D eigenvalue weighted by Crippen LogP contribution is -2.53. The molecule has 0 radical (unpaired) electrons. The Morgan fingerprint density at radius 3 is 2.11 bits per heavy atom. The molecule has 0 saturated heterocycles. The van der Waals surface area contributed by atoms with E-state index in [0.29, 0.717) is 23.6 Å².